The van der Waals surface area contributed by atoms with Crippen LogP contribution in [0.3, 0.4) is 0 Å². The first kappa shape index (κ1) is 21.5. The third-order valence-electron chi connectivity index (χ3n) is 5.80. The molecule has 1 saturated heterocycles. The van der Waals surface area contributed by atoms with Crippen LogP contribution in [0.15, 0.2) is 53.4 Å². The Morgan fingerprint density at radius 2 is 1.65 bits per heavy atom. The van der Waals surface area contributed by atoms with Crippen LogP contribution in [-0.4, -0.2) is 43.2 Å². The molecule has 1 atom stereocenters. The molecule has 1 saturated carbocycles. The van der Waals surface area contributed by atoms with Crippen molar-refractivity contribution in [3.63, 3.8) is 0 Å². The maximum atomic E-state index is 13.0. The van der Waals surface area contributed by atoms with Crippen molar-refractivity contribution in [2.45, 2.75) is 56.0 Å². The summed E-state index contributed by atoms with van der Waals surface area (Å²) in [7, 11) is -3.59. The number of carbonyl (C=O) groups is 2. The average Bonchev–Trinajstić information content (AvgIpc) is 3.58. The fourth-order valence-electron chi connectivity index (χ4n) is 3.82. The molecule has 0 bridgehead atoms. The lowest BCUT2D eigenvalue weighted by Gasteiger charge is -2.32. The van der Waals surface area contributed by atoms with Crippen molar-refractivity contribution >= 4 is 27.5 Å². The molecule has 2 aromatic rings. The Morgan fingerprint density at radius 1 is 0.935 bits per heavy atom. The zero-order chi connectivity index (χ0) is 22.0. The number of nitrogens with zero attached hydrogens (tertiary/aromatic N) is 1. The molecule has 2 N–H and O–H groups in total. The van der Waals surface area contributed by atoms with Gasteiger partial charge in [0.25, 0.3) is 11.8 Å². The molecule has 2 aromatic carbocycles. The van der Waals surface area contributed by atoms with Crippen LogP contribution in [-0.2, 0) is 10.0 Å². The number of rotatable bonds is 6. The lowest BCUT2D eigenvalue weighted by Crippen LogP contribution is -2.41. The summed E-state index contributed by atoms with van der Waals surface area (Å²) >= 11 is 0. The van der Waals surface area contributed by atoms with Crippen molar-refractivity contribution in [2.24, 2.45) is 0 Å². The van der Waals surface area contributed by atoms with Crippen LogP contribution in [0.1, 0.15) is 59.7 Å². The summed E-state index contributed by atoms with van der Waals surface area (Å²) in [6.07, 6.45) is 4.70. The Hall–Kier alpha value is -2.71. The van der Waals surface area contributed by atoms with Crippen molar-refractivity contribution < 1.29 is 18.0 Å². The van der Waals surface area contributed by atoms with Crippen molar-refractivity contribution in [3.05, 3.63) is 59.7 Å². The van der Waals surface area contributed by atoms with Gasteiger partial charge in [-0.1, -0.05) is 18.6 Å². The van der Waals surface area contributed by atoms with Gasteiger partial charge in [0.05, 0.1) is 16.1 Å². The van der Waals surface area contributed by atoms with E-state index >= 15 is 0 Å². The van der Waals surface area contributed by atoms with Gasteiger partial charge in [-0.15, -0.1) is 0 Å². The summed E-state index contributed by atoms with van der Waals surface area (Å²) in [5.41, 5.74) is 1.15. The fourth-order valence-corrected chi connectivity index (χ4v) is 5.52. The molecule has 31 heavy (non-hydrogen) atoms. The molecule has 8 heteroatoms. The normalized spacial score (nSPS) is 19.6. The number of sulfonamides is 1. The minimum absolute atomic E-state index is 0.0278. The predicted octanol–water partition coefficient (Wildman–Crippen LogP) is 3.39. The fraction of sp³-hybridized carbons (Fsp3) is 0.391. The summed E-state index contributed by atoms with van der Waals surface area (Å²) in [4.78, 5) is 25.3. The number of para-hydroxylation sites is 1. The molecular formula is C23H27N3O4S. The first-order valence-electron chi connectivity index (χ1n) is 10.7. The number of nitrogens with one attached hydrogen (secondary N) is 2. The van der Waals surface area contributed by atoms with E-state index in [1.165, 1.54) is 24.3 Å². The van der Waals surface area contributed by atoms with Gasteiger partial charge in [0.2, 0.25) is 10.0 Å². The molecule has 0 spiro atoms. The Labute approximate surface area is 182 Å². The number of benzene rings is 2. The Kier molecular flexibility index (Phi) is 6.11. The molecular weight excluding hydrogens is 414 g/mol. The van der Waals surface area contributed by atoms with Gasteiger partial charge in [0.1, 0.15) is 0 Å². The van der Waals surface area contributed by atoms with Gasteiger partial charge >= 0.3 is 0 Å². The summed E-state index contributed by atoms with van der Waals surface area (Å²) in [5, 5.41) is 5.69. The third-order valence-corrected chi connectivity index (χ3v) is 7.83. The lowest BCUT2D eigenvalue weighted by atomic mass is 10.1. The molecule has 4 rings (SSSR count). The van der Waals surface area contributed by atoms with Crippen molar-refractivity contribution in [1.82, 2.24) is 9.62 Å². The number of hydrogen-bond acceptors (Lipinski definition) is 4. The molecule has 1 heterocycles. The van der Waals surface area contributed by atoms with E-state index in [2.05, 4.69) is 10.6 Å². The van der Waals surface area contributed by atoms with E-state index in [4.69, 9.17) is 0 Å². The molecule has 164 valence electrons. The van der Waals surface area contributed by atoms with Gasteiger partial charge in [-0.05, 0) is 69.0 Å². The maximum absolute atomic E-state index is 13.0. The number of hydrogen-bond donors (Lipinski definition) is 2. The average molecular weight is 442 g/mol. The van der Waals surface area contributed by atoms with Crippen LogP contribution < -0.4 is 10.6 Å². The predicted molar refractivity (Wildman–Crippen MR) is 119 cm³/mol. The van der Waals surface area contributed by atoms with E-state index in [1.54, 1.807) is 28.6 Å². The van der Waals surface area contributed by atoms with Crippen LogP contribution >= 0.6 is 0 Å². The van der Waals surface area contributed by atoms with E-state index in [0.717, 1.165) is 32.1 Å². The SMILES string of the molecule is C[C@@H]1CCCCN1S(=O)(=O)c1ccc(C(=O)Nc2ccccc2C(=O)NC2CC2)cc1. The second-order valence-corrected chi connectivity index (χ2v) is 10.1. The molecule has 2 fully saturated rings. The van der Waals surface area contributed by atoms with Gasteiger partial charge in [-0.25, -0.2) is 8.42 Å². The summed E-state index contributed by atoms with van der Waals surface area (Å²) in [6.45, 7) is 2.45. The standard InChI is InChI=1S/C23H27N3O4S/c1-16-6-4-5-15-26(16)31(29,30)19-13-9-17(10-14-19)22(27)25-21-8-3-2-7-20(21)23(28)24-18-11-12-18/h2-3,7-10,13-14,16,18H,4-6,11-12,15H2,1H3,(H,24,28)(H,25,27)/t16-/m1/s1. The highest BCUT2D eigenvalue weighted by Gasteiger charge is 2.31. The maximum Gasteiger partial charge on any atom is 0.255 e. The first-order valence-corrected chi connectivity index (χ1v) is 12.1. The monoisotopic (exact) mass is 441 g/mol. The molecule has 0 unspecified atom stereocenters. The third kappa shape index (κ3) is 4.80. The highest BCUT2D eigenvalue weighted by molar-refractivity contribution is 7.89. The zero-order valence-corrected chi connectivity index (χ0v) is 18.3. The topological polar surface area (TPSA) is 95.6 Å². The number of amides is 2. The van der Waals surface area contributed by atoms with E-state index in [1.807, 2.05) is 6.92 Å². The largest absolute Gasteiger partial charge is 0.349 e. The first-order chi connectivity index (χ1) is 14.9. The Bertz CT molecular complexity index is 1080. The minimum atomic E-state index is -3.59. The van der Waals surface area contributed by atoms with Gasteiger partial charge in [0.15, 0.2) is 0 Å². The van der Waals surface area contributed by atoms with Crippen molar-refractivity contribution in [3.8, 4) is 0 Å². The smallest absolute Gasteiger partial charge is 0.255 e. The van der Waals surface area contributed by atoms with Gasteiger partial charge in [-0.3, -0.25) is 9.59 Å². The van der Waals surface area contributed by atoms with Gasteiger partial charge < -0.3 is 10.6 Å². The summed E-state index contributed by atoms with van der Waals surface area (Å²) in [6, 6.07) is 13.0. The zero-order valence-electron chi connectivity index (χ0n) is 17.5. The van der Waals surface area contributed by atoms with Crippen molar-refractivity contribution in [2.75, 3.05) is 11.9 Å². The number of piperidine rings is 1. The number of anilines is 1. The van der Waals surface area contributed by atoms with Crippen LogP contribution in [0.5, 0.6) is 0 Å². The van der Waals surface area contributed by atoms with Crippen LogP contribution in [0.2, 0.25) is 0 Å². The molecule has 0 radical (unpaired) electrons. The highest BCUT2D eigenvalue weighted by atomic mass is 32.2. The van der Waals surface area contributed by atoms with Gasteiger partial charge in [-0.2, -0.15) is 4.31 Å². The van der Waals surface area contributed by atoms with Crippen molar-refractivity contribution in [1.29, 1.82) is 0 Å². The molecule has 7 nitrogen and oxygen atoms in total. The molecule has 1 aliphatic carbocycles. The molecule has 0 aromatic heterocycles. The second-order valence-electron chi connectivity index (χ2n) is 8.23. The van der Waals surface area contributed by atoms with E-state index < -0.39 is 15.9 Å². The lowest BCUT2D eigenvalue weighted by molar-refractivity contribution is 0.0952. The Balaban J connectivity index is 1.49. The molecule has 2 aliphatic rings. The summed E-state index contributed by atoms with van der Waals surface area (Å²) in [5.74, 6) is -0.613. The van der Waals surface area contributed by atoms with E-state index in [9.17, 15) is 18.0 Å². The summed E-state index contributed by atoms with van der Waals surface area (Å²) < 4.78 is 27.5. The van der Waals surface area contributed by atoms with E-state index in [0.29, 0.717) is 23.4 Å². The highest BCUT2D eigenvalue weighted by Crippen LogP contribution is 2.26. The van der Waals surface area contributed by atoms with E-state index in [-0.39, 0.29) is 22.9 Å². The Morgan fingerprint density at radius 3 is 2.32 bits per heavy atom. The quantitative estimate of drug-likeness (QED) is 0.718. The van der Waals surface area contributed by atoms with Crippen LogP contribution in [0.4, 0.5) is 5.69 Å². The minimum Gasteiger partial charge on any atom is -0.349 e. The van der Waals surface area contributed by atoms with Crippen LogP contribution in [0.25, 0.3) is 0 Å². The van der Waals surface area contributed by atoms with Crippen LogP contribution in [0, 0.1) is 0 Å². The molecule has 2 amide bonds. The molecule has 1 aliphatic heterocycles. The second kappa shape index (κ2) is 8.80. The number of carbonyl (C=O) groups excluding carboxylic acids is 2. The van der Waals surface area contributed by atoms with Gasteiger partial charge in [0, 0.05) is 24.2 Å².